The Labute approximate surface area is 194 Å². The maximum absolute atomic E-state index is 12.7. The first-order valence-corrected chi connectivity index (χ1v) is 11.5. The van der Waals surface area contributed by atoms with Gasteiger partial charge in [-0.3, -0.25) is 20.3 Å². The second-order valence-corrected chi connectivity index (χ2v) is 9.11. The molecule has 0 saturated heterocycles. The highest BCUT2D eigenvalue weighted by molar-refractivity contribution is 7.92. The molecular weight excluding hydrogens is 464 g/mol. The van der Waals surface area contributed by atoms with Gasteiger partial charge in [0.25, 0.3) is 15.7 Å². The molecule has 33 heavy (non-hydrogen) atoms. The highest BCUT2D eigenvalue weighted by Crippen LogP contribution is 2.29. The van der Waals surface area contributed by atoms with Gasteiger partial charge >= 0.3 is 0 Å². The minimum absolute atomic E-state index is 0.0539. The Morgan fingerprint density at radius 1 is 0.939 bits per heavy atom. The lowest BCUT2D eigenvalue weighted by molar-refractivity contribution is -0.384. The maximum Gasteiger partial charge on any atom is 0.295 e. The van der Waals surface area contributed by atoms with Gasteiger partial charge in [0.1, 0.15) is 5.69 Å². The van der Waals surface area contributed by atoms with Crippen LogP contribution in [0, 0.1) is 10.1 Å². The summed E-state index contributed by atoms with van der Waals surface area (Å²) in [6, 6.07) is 23.2. The lowest BCUT2D eigenvalue weighted by atomic mass is 10.1. The minimum Gasteiger partial charge on any atom is -0.280 e. The number of sulfonamides is 1. The molecule has 4 aromatic carbocycles. The van der Waals surface area contributed by atoms with Gasteiger partial charge in [-0.15, -0.1) is 0 Å². The fraction of sp³-hybridized carbons (Fsp3) is 0. The van der Waals surface area contributed by atoms with E-state index in [4.69, 9.17) is 11.6 Å². The number of nitro benzene ring substituents is 1. The number of benzene rings is 4. The van der Waals surface area contributed by atoms with Crippen molar-refractivity contribution in [2.75, 3.05) is 10.1 Å². The summed E-state index contributed by atoms with van der Waals surface area (Å²) in [6.45, 7) is 0. The molecule has 0 spiro atoms. The predicted octanol–water partition coefficient (Wildman–Crippen LogP) is 5.65. The topological polar surface area (TPSA) is 114 Å². The summed E-state index contributed by atoms with van der Waals surface area (Å²) >= 11 is 5.89. The Bertz CT molecular complexity index is 1480. The monoisotopic (exact) mass is 480 g/mol. The number of rotatable bonds is 7. The van der Waals surface area contributed by atoms with Crippen molar-refractivity contribution < 1.29 is 13.3 Å². The van der Waals surface area contributed by atoms with Gasteiger partial charge < -0.3 is 0 Å². The number of nitrogens with one attached hydrogen (secondary N) is 2. The molecule has 0 heterocycles. The molecule has 10 heteroatoms. The largest absolute Gasteiger partial charge is 0.295 e. The van der Waals surface area contributed by atoms with Gasteiger partial charge in [0.15, 0.2) is 0 Å². The Hall–Kier alpha value is -3.95. The van der Waals surface area contributed by atoms with Crippen LogP contribution in [0.4, 0.5) is 17.1 Å². The lowest BCUT2D eigenvalue weighted by Gasteiger charge is -2.09. The number of fused-ring (bicyclic) bond motifs is 1. The summed E-state index contributed by atoms with van der Waals surface area (Å²) in [5.41, 5.74) is 3.33. The van der Waals surface area contributed by atoms with Crippen LogP contribution in [0.1, 0.15) is 5.56 Å². The molecular formula is C23H17ClN4O4S. The van der Waals surface area contributed by atoms with E-state index in [0.717, 1.165) is 22.4 Å². The number of anilines is 2. The molecule has 166 valence electrons. The van der Waals surface area contributed by atoms with Gasteiger partial charge in [-0.1, -0.05) is 60.1 Å². The van der Waals surface area contributed by atoms with Crippen LogP contribution in [-0.4, -0.2) is 19.6 Å². The molecule has 0 radical (unpaired) electrons. The van der Waals surface area contributed by atoms with Crippen molar-refractivity contribution >= 4 is 55.7 Å². The summed E-state index contributed by atoms with van der Waals surface area (Å²) in [5.74, 6) is 0. The zero-order chi connectivity index (χ0) is 23.4. The molecule has 0 amide bonds. The molecule has 0 aliphatic rings. The zero-order valence-corrected chi connectivity index (χ0v) is 18.5. The first-order chi connectivity index (χ1) is 15.8. The average molecular weight is 481 g/mol. The minimum atomic E-state index is -4.07. The standard InChI is InChI=1S/C23H17ClN4O4S/c24-18-8-4-9-19(13-18)27-33(31,32)20-11-12-22(23(14-20)28(29)30)26-25-15-17-7-3-6-16-5-1-2-10-21(16)17/h1-15,26-27H. The number of nitrogens with zero attached hydrogens (tertiary/aromatic N) is 2. The molecule has 0 unspecified atom stereocenters. The Balaban J connectivity index is 1.59. The van der Waals surface area contributed by atoms with Crippen LogP contribution in [0.3, 0.4) is 0 Å². The molecule has 8 nitrogen and oxygen atoms in total. The van der Waals surface area contributed by atoms with E-state index in [1.165, 1.54) is 24.3 Å². The quantitative estimate of drug-likeness (QED) is 0.201. The van der Waals surface area contributed by atoms with Crippen LogP contribution < -0.4 is 10.1 Å². The number of halogens is 1. The van der Waals surface area contributed by atoms with Crippen LogP contribution in [-0.2, 0) is 10.0 Å². The van der Waals surface area contributed by atoms with Gasteiger partial charge in [-0.2, -0.15) is 5.10 Å². The van der Waals surface area contributed by atoms with Gasteiger partial charge in [-0.05, 0) is 41.1 Å². The van der Waals surface area contributed by atoms with E-state index in [1.54, 1.807) is 18.3 Å². The molecule has 2 N–H and O–H groups in total. The third kappa shape index (κ3) is 5.11. The molecule has 0 aliphatic carbocycles. The molecule has 0 aromatic heterocycles. The van der Waals surface area contributed by atoms with Gasteiger partial charge in [0, 0.05) is 16.7 Å². The number of hydrogen-bond acceptors (Lipinski definition) is 6. The van der Waals surface area contributed by atoms with E-state index in [9.17, 15) is 18.5 Å². The molecule has 4 rings (SSSR count). The van der Waals surface area contributed by atoms with Crippen LogP contribution in [0.5, 0.6) is 0 Å². The third-order valence-corrected chi connectivity index (χ3v) is 6.38. The molecule has 4 aromatic rings. The SMILES string of the molecule is O=[N+]([O-])c1cc(S(=O)(=O)Nc2cccc(Cl)c2)ccc1NN=Cc1cccc2ccccc12. The molecule has 0 fully saturated rings. The van der Waals surface area contributed by atoms with Crippen LogP contribution in [0.2, 0.25) is 5.02 Å². The highest BCUT2D eigenvalue weighted by Gasteiger charge is 2.21. The first kappa shape index (κ1) is 22.3. The van der Waals surface area contributed by atoms with E-state index in [1.807, 2.05) is 42.5 Å². The van der Waals surface area contributed by atoms with Crippen LogP contribution in [0.15, 0.2) is 94.9 Å². The van der Waals surface area contributed by atoms with Crippen molar-refractivity contribution in [2.45, 2.75) is 4.90 Å². The Morgan fingerprint density at radius 3 is 2.48 bits per heavy atom. The van der Waals surface area contributed by atoms with E-state index in [0.29, 0.717) is 5.02 Å². The number of nitro groups is 1. The van der Waals surface area contributed by atoms with Crippen molar-refractivity contribution in [2.24, 2.45) is 5.10 Å². The number of hydrazone groups is 1. The van der Waals surface area contributed by atoms with Crippen molar-refractivity contribution in [1.29, 1.82) is 0 Å². The summed E-state index contributed by atoms with van der Waals surface area (Å²) < 4.78 is 27.7. The van der Waals surface area contributed by atoms with Crippen molar-refractivity contribution in [1.82, 2.24) is 0 Å². The van der Waals surface area contributed by atoms with Gasteiger partial charge in [0.05, 0.1) is 21.7 Å². The highest BCUT2D eigenvalue weighted by atomic mass is 35.5. The molecule has 0 bridgehead atoms. The maximum atomic E-state index is 12.7. The van der Waals surface area contributed by atoms with Crippen LogP contribution >= 0.6 is 11.6 Å². The van der Waals surface area contributed by atoms with E-state index < -0.39 is 20.6 Å². The second-order valence-electron chi connectivity index (χ2n) is 6.99. The van der Waals surface area contributed by atoms with Crippen molar-refractivity contribution in [3.8, 4) is 0 Å². The average Bonchev–Trinajstić information content (AvgIpc) is 2.79. The Kier molecular flexibility index (Phi) is 6.25. The summed E-state index contributed by atoms with van der Waals surface area (Å²) in [5, 5.41) is 18.1. The van der Waals surface area contributed by atoms with Crippen LogP contribution in [0.25, 0.3) is 10.8 Å². The fourth-order valence-electron chi connectivity index (χ4n) is 3.22. The Morgan fingerprint density at radius 2 is 1.70 bits per heavy atom. The molecule has 0 saturated carbocycles. The van der Waals surface area contributed by atoms with Gasteiger partial charge in [0.2, 0.25) is 0 Å². The third-order valence-electron chi connectivity index (χ3n) is 4.77. The van der Waals surface area contributed by atoms with E-state index in [2.05, 4.69) is 15.2 Å². The first-order valence-electron chi connectivity index (χ1n) is 9.67. The number of hydrogen-bond donors (Lipinski definition) is 2. The zero-order valence-electron chi connectivity index (χ0n) is 17.0. The van der Waals surface area contributed by atoms with Gasteiger partial charge in [-0.25, -0.2) is 8.42 Å². The molecule has 0 aliphatic heterocycles. The predicted molar refractivity (Wildman–Crippen MR) is 131 cm³/mol. The fourth-order valence-corrected chi connectivity index (χ4v) is 4.48. The lowest BCUT2D eigenvalue weighted by Crippen LogP contribution is -2.13. The molecule has 0 atom stereocenters. The summed E-state index contributed by atoms with van der Waals surface area (Å²) in [7, 11) is -4.07. The second kappa shape index (κ2) is 9.27. The van der Waals surface area contributed by atoms with E-state index >= 15 is 0 Å². The van der Waals surface area contributed by atoms with E-state index in [-0.39, 0.29) is 16.3 Å². The summed E-state index contributed by atoms with van der Waals surface area (Å²) in [6.07, 6.45) is 1.55. The normalized spacial score (nSPS) is 11.5. The van der Waals surface area contributed by atoms with Crippen molar-refractivity contribution in [3.05, 3.63) is 106 Å². The van der Waals surface area contributed by atoms with Crippen molar-refractivity contribution in [3.63, 3.8) is 0 Å². The smallest absolute Gasteiger partial charge is 0.280 e. The summed E-state index contributed by atoms with van der Waals surface area (Å²) in [4.78, 5) is 10.7.